The standard InChI is InChI=1S/C11H12BrN5O2/c1-6(2)9-10(17(18)19)11(13)16(15-9)8-4-3-7(12)5-14-8/h3-6H,13H2,1-2H3. The quantitative estimate of drug-likeness (QED) is 0.690. The second kappa shape index (κ2) is 4.96. The Morgan fingerprint density at radius 2 is 2.16 bits per heavy atom. The van der Waals surface area contributed by atoms with Crippen molar-refractivity contribution in [1.29, 1.82) is 0 Å². The van der Waals surface area contributed by atoms with Crippen LogP contribution < -0.4 is 5.73 Å². The van der Waals surface area contributed by atoms with E-state index in [1.807, 2.05) is 13.8 Å². The first kappa shape index (κ1) is 13.5. The smallest absolute Gasteiger partial charge is 0.334 e. The highest BCUT2D eigenvalue weighted by Crippen LogP contribution is 2.32. The van der Waals surface area contributed by atoms with Crippen LogP contribution in [0, 0.1) is 10.1 Å². The molecule has 7 nitrogen and oxygen atoms in total. The van der Waals surface area contributed by atoms with E-state index in [2.05, 4.69) is 26.0 Å². The highest BCUT2D eigenvalue weighted by atomic mass is 79.9. The maximum Gasteiger partial charge on any atom is 0.334 e. The molecule has 19 heavy (non-hydrogen) atoms. The Kier molecular flexibility index (Phi) is 3.52. The van der Waals surface area contributed by atoms with Gasteiger partial charge in [-0.2, -0.15) is 9.78 Å². The Bertz CT molecular complexity index is 621. The number of hydrogen-bond acceptors (Lipinski definition) is 5. The molecule has 2 aromatic heterocycles. The summed E-state index contributed by atoms with van der Waals surface area (Å²) in [5.74, 6) is 0.332. The topological polar surface area (TPSA) is 99.9 Å². The molecule has 100 valence electrons. The SMILES string of the molecule is CC(C)c1nn(-c2ccc(Br)cn2)c(N)c1[N+](=O)[O-]. The van der Waals surface area contributed by atoms with Gasteiger partial charge in [0, 0.05) is 16.6 Å². The van der Waals surface area contributed by atoms with Gasteiger partial charge in [0.15, 0.2) is 5.82 Å². The minimum Gasteiger partial charge on any atom is -0.378 e. The maximum absolute atomic E-state index is 11.1. The maximum atomic E-state index is 11.1. The van der Waals surface area contributed by atoms with Crippen LogP contribution in [0.1, 0.15) is 25.5 Å². The second-order valence-electron chi connectivity index (χ2n) is 4.28. The molecule has 0 aromatic carbocycles. The molecule has 0 aliphatic rings. The third-order valence-corrected chi connectivity index (χ3v) is 3.05. The summed E-state index contributed by atoms with van der Waals surface area (Å²) in [6.07, 6.45) is 1.58. The Morgan fingerprint density at radius 1 is 1.47 bits per heavy atom. The molecule has 8 heteroatoms. The summed E-state index contributed by atoms with van der Waals surface area (Å²) in [6, 6.07) is 3.45. The molecular formula is C11H12BrN5O2. The van der Waals surface area contributed by atoms with Gasteiger partial charge in [0.25, 0.3) is 0 Å². The molecule has 0 saturated heterocycles. The van der Waals surface area contributed by atoms with Gasteiger partial charge in [-0.05, 0) is 28.1 Å². The number of aromatic nitrogens is 3. The van der Waals surface area contributed by atoms with Gasteiger partial charge in [0.2, 0.25) is 5.82 Å². The number of nitrogen functional groups attached to an aromatic ring is 1. The lowest BCUT2D eigenvalue weighted by atomic mass is 10.1. The summed E-state index contributed by atoms with van der Waals surface area (Å²) in [5, 5.41) is 15.3. The second-order valence-corrected chi connectivity index (χ2v) is 5.19. The number of anilines is 1. The fraction of sp³-hybridized carbons (Fsp3) is 0.273. The molecule has 0 atom stereocenters. The van der Waals surface area contributed by atoms with Crippen molar-refractivity contribution in [2.24, 2.45) is 0 Å². The van der Waals surface area contributed by atoms with Crippen LogP contribution in [0.4, 0.5) is 11.5 Å². The van der Waals surface area contributed by atoms with Gasteiger partial charge in [0.1, 0.15) is 5.69 Å². The predicted octanol–water partition coefficient (Wildman–Crippen LogP) is 2.64. The van der Waals surface area contributed by atoms with Crippen LogP contribution in [-0.4, -0.2) is 19.7 Å². The highest BCUT2D eigenvalue weighted by Gasteiger charge is 2.28. The molecule has 2 heterocycles. The van der Waals surface area contributed by atoms with E-state index in [0.717, 1.165) is 4.47 Å². The Hall–Kier alpha value is -1.96. The van der Waals surface area contributed by atoms with Crippen molar-refractivity contribution in [3.05, 3.63) is 38.6 Å². The molecule has 0 bridgehead atoms. The average Bonchev–Trinajstić information content (AvgIpc) is 2.68. The number of halogens is 1. The zero-order chi connectivity index (χ0) is 14.2. The summed E-state index contributed by atoms with van der Waals surface area (Å²) >= 11 is 3.27. The largest absolute Gasteiger partial charge is 0.378 e. The van der Waals surface area contributed by atoms with Crippen LogP contribution in [0.15, 0.2) is 22.8 Å². The van der Waals surface area contributed by atoms with Crippen molar-refractivity contribution in [2.45, 2.75) is 19.8 Å². The molecule has 0 fully saturated rings. The van der Waals surface area contributed by atoms with Crippen LogP contribution in [0.2, 0.25) is 0 Å². The van der Waals surface area contributed by atoms with E-state index in [4.69, 9.17) is 5.73 Å². The number of pyridine rings is 1. The molecule has 0 unspecified atom stereocenters. The highest BCUT2D eigenvalue weighted by molar-refractivity contribution is 9.10. The van der Waals surface area contributed by atoms with Gasteiger partial charge in [-0.25, -0.2) is 4.98 Å². The Morgan fingerprint density at radius 3 is 2.58 bits per heavy atom. The number of nitrogens with two attached hydrogens (primary N) is 1. The first-order valence-corrected chi connectivity index (χ1v) is 6.35. The van der Waals surface area contributed by atoms with Gasteiger partial charge >= 0.3 is 5.69 Å². The predicted molar refractivity (Wildman–Crippen MR) is 74.2 cm³/mol. The molecule has 0 saturated carbocycles. The normalized spacial score (nSPS) is 10.9. The molecule has 0 radical (unpaired) electrons. The fourth-order valence-corrected chi connectivity index (χ4v) is 1.92. The van der Waals surface area contributed by atoms with Crippen molar-refractivity contribution in [2.75, 3.05) is 5.73 Å². The van der Waals surface area contributed by atoms with E-state index >= 15 is 0 Å². The van der Waals surface area contributed by atoms with E-state index in [1.165, 1.54) is 4.68 Å². The first-order valence-electron chi connectivity index (χ1n) is 5.56. The van der Waals surface area contributed by atoms with E-state index in [1.54, 1.807) is 18.3 Å². The minimum absolute atomic E-state index is 0.0106. The van der Waals surface area contributed by atoms with Gasteiger partial charge in [-0.3, -0.25) is 10.1 Å². The lowest BCUT2D eigenvalue weighted by Crippen LogP contribution is -2.04. The van der Waals surface area contributed by atoms with Gasteiger partial charge in [-0.15, -0.1) is 0 Å². The molecular weight excluding hydrogens is 314 g/mol. The third kappa shape index (κ3) is 2.43. The molecule has 0 aliphatic carbocycles. The van der Waals surface area contributed by atoms with Crippen molar-refractivity contribution < 1.29 is 4.92 Å². The summed E-state index contributed by atoms with van der Waals surface area (Å²) in [7, 11) is 0. The van der Waals surface area contributed by atoms with Crippen LogP contribution in [0.5, 0.6) is 0 Å². The summed E-state index contributed by atoms with van der Waals surface area (Å²) in [4.78, 5) is 14.7. The van der Waals surface area contributed by atoms with Crippen molar-refractivity contribution in [3.63, 3.8) is 0 Å². The monoisotopic (exact) mass is 325 g/mol. The Balaban J connectivity index is 2.62. The van der Waals surface area contributed by atoms with Crippen LogP contribution in [-0.2, 0) is 0 Å². The lowest BCUT2D eigenvalue weighted by Gasteiger charge is -2.01. The lowest BCUT2D eigenvalue weighted by molar-refractivity contribution is -0.384. The number of nitro groups is 1. The number of hydrogen-bond donors (Lipinski definition) is 1. The number of rotatable bonds is 3. The van der Waals surface area contributed by atoms with Crippen LogP contribution in [0.25, 0.3) is 5.82 Å². The summed E-state index contributed by atoms with van der Waals surface area (Å²) < 4.78 is 2.10. The fourth-order valence-electron chi connectivity index (χ4n) is 1.68. The molecule has 0 spiro atoms. The third-order valence-electron chi connectivity index (χ3n) is 2.58. The molecule has 0 aliphatic heterocycles. The summed E-state index contributed by atoms with van der Waals surface area (Å²) in [6.45, 7) is 3.66. The molecule has 2 N–H and O–H groups in total. The minimum atomic E-state index is -0.507. The zero-order valence-corrected chi connectivity index (χ0v) is 12.0. The van der Waals surface area contributed by atoms with Gasteiger partial charge in [0.05, 0.1) is 4.92 Å². The van der Waals surface area contributed by atoms with Crippen molar-refractivity contribution >= 4 is 27.4 Å². The van der Waals surface area contributed by atoms with E-state index < -0.39 is 4.92 Å². The zero-order valence-electron chi connectivity index (χ0n) is 10.4. The Labute approximate surface area is 117 Å². The van der Waals surface area contributed by atoms with E-state index in [9.17, 15) is 10.1 Å². The van der Waals surface area contributed by atoms with Crippen LogP contribution >= 0.6 is 15.9 Å². The summed E-state index contributed by atoms with van der Waals surface area (Å²) in [5.41, 5.74) is 6.02. The molecule has 0 amide bonds. The molecule has 2 aromatic rings. The number of nitrogens with zero attached hydrogens (tertiary/aromatic N) is 4. The van der Waals surface area contributed by atoms with Gasteiger partial charge < -0.3 is 5.73 Å². The van der Waals surface area contributed by atoms with Crippen molar-refractivity contribution in [3.8, 4) is 5.82 Å². The average molecular weight is 326 g/mol. The van der Waals surface area contributed by atoms with Gasteiger partial charge in [-0.1, -0.05) is 13.8 Å². The first-order chi connectivity index (χ1) is 8.91. The molecule has 2 rings (SSSR count). The van der Waals surface area contributed by atoms with Crippen molar-refractivity contribution in [1.82, 2.24) is 14.8 Å². The van der Waals surface area contributed by atoms with E-state index in [0.29, 0.717) is 11.5 Å². The van der Waals surface area contributed by atoms with E-state index in [-0.39, 0.29) is 17.4 Å². The van der Waals surface area contributed by atoms with Crippen LogP contribution in [0.3, 0.4) is 0 Å².